The van der Waals surface area contributed by atoms with Crippen molar-refractivity contribution in [1.82, 2.24) is 9.88 Å². The third kappa shape index (κ3) is 2.27. The van der Waals surface area contributed by atoms with Gasteiger partial charge in [-0.25, -0.2) is 4.79 Å². The van der Waals surface area contributed by atoms with E-state index >= 15 is 0 Å². The molecule has 2 aromatic carbocycles. The number of rotatable bonds is 1. The van der Waals surface area contributed by atoms with Crippen molar-refractivity contribution >= 4 is 38.6 Å². The third-order valence-electron chi connectivity index (χ3n) is 4.01. The van der Waals surface area contributed by atoms with Crippen molar-refractivity contribution in [1.29, 1.82) is 0 Å². The summed E-state index contributed by atoms with van der Waals surface area (Å²) in [7, 11) is 0. The van der Waals surface area contributed by atoms with Crippen LogP contribution in [0, 0.1) is 0 Å². The lowest BCUT2D eigenvalue weighted by molar-refractivity contribution is 0.212. The van der Waals surface area contributed by atoms with E-state index in [0.717, 1.165) is 21.1 Å². The molecule has 4 nitrogen and oxygen atoms in total. The zero-order valence-corrected chi connectivity index (χ0v) is 13.4. The molecule has 4 rings (SSSR count). The summed E-state index contributed by atoms with van der Waals surface area (Å²) in [5.74, 6) is 0. The maximum Gasteiger partial charge on any atom is 0.322 e. The van der Waals surface area contributed by atoms with Crippen LogP contribution in [0.1, 0.15) is 11.1 Å². The van der Waals surface area contributed by atoms with Crippen LogP contribution in [-0.4, -0.2) is 15.9 Å². The van der Waals surface area contributed by atoms with E-state index in [0.29, 0.717) is 13.1 Å². The Hall–Kier alpha value is -2.27. The first-order valence-electron chi connectivity index (χ1n) is 7.10. The Kier molecular flexibility index (Phi) is 3.15. The van der Waals surface area contributed by atoms with E-state index in [1.165, 1.54) is 11.1 Å². The van der Waals surface area contributed by atoms with Gasteiger partial charge in [-0.1, -0.05) is 40.2 Å². The number of fused-ring (bicyclic) bond motifs is 2. The minimum atomic E-state index is -0.0722. The van der Waals surface area contributed by atoms with Crippen LogP contribution < -0.4 is 5.32 Å². The Morgan fingerprint density at radius 2 is 1.95 bits per heavy atom. The number of aromatic nitrogens is 1. The maximum absolute atomic E-state index is 12.5. The van der Waals surface area contributed by atoms with Crippen LogP contribution in [0.25, 0.3) is 10.9 Å². The highest BCUT2D eigenvalue weighted by molar-refractivity contribution is 9.10. The minimum absolute atomic E-state index is 0.0722. The van der Waals surface area contributed by atoms with Gasteiger partial charge in [0.05, 0.1) is 5.69 Å². The van der Waals surface area contributed by atoms with E-state index in [1.54, 1.807) is 0 Å². The van der Waals surface area contributed by atoms with Gasteiger partial charge >= 0.3 is 6.03 Å². The Labute approximate surface area is 136 Å². The monoisotopic (exact) mass is 355 g/mol. The number of hydrogen-bond acceptors (Lipinski definition) is 1. The highest BCUT2D eigenvalue weighted by atomic mass is 79.9. The van der Waals surface area contributed by atoms with E-state index < -0.39 is 0 Å². The van der Waals surface area contributed by atoms with Crippen molar-refractivity contribution in [2.75, 3.05) is 5.32 Å². The molecule has 0 saturated heterocycles. The molecule has 0 bridgehead atoms. The first-order chi connectivity index (χ1) is 10.7. The summed E-state index contributed by atoms with van der Waals surface area (Å²) in [6.45, 7) is 1.29. The van der Waals surface area contributed by atoms with Gasteiger partial charge in [0, 0.05) is 34.7 Å². The number of urea groups is 1. The molecular formula is C17H14BrN3O. The van der Waals surface area contributed by atoms with Gasteiger partial charge in [-0.05, 0) is 29.3 Å². The molecule has 0 spiro atoms. The van der Waals surface area contributed by atoms with Gasteiger partial charge in [-0.3, -0.25) is 0 Å². The normalized spacial score (nSPS) is 13.4. The number of nitrogens with zero attached hydrogens (tertiary/aromatic N) is 1. The predicted octanol–water partition coefficient (Wildman–Crippen LogP) is 4.48. The maximum atomic E-state index is 12.5. The zero-order chi connectivity index (χ0) is 15.1. The van der Waals surface area contributed by atoms with Gasteiger partial charge in [0.2, 0.25) is 0 Å². The lowest BCUT2D eigenvalue weighted by atomic mass is 10.1. The molecule has 110 valence electrons. The van der Waals surface area contributed by atoms with Crippen LogP contribution in [0.2, 0.25) is 0 Å². The van der Waals surface area contributed by atoms with Crippen LogP contribution in [0.5, 0.6) is 0 Å². The van der Waals surface area contributed by atoms with Gasteiger partial charge < -0.3 is 15.2 Å². The van der Waals surface area contributed by atoms with Crippen molar-refractivity contribution in [2.24, 2.45) is 0 Å². The first kappa shape index (κ1) is 13.4. The standard InChI is InChI=1S/C17H14BrN3O/c18-13-6-5-11-9-21(10-12(11)7-13)17(22)20-16-8-19-15-4-2-1-3-14(15)16/h1-8,19H,9-10H2,(H,20,22). The molecule has 22 heavy (non-hydrogen) atoms. The summed E-state index contributed by atoms with van der Waals surface area (Å²) in [5, 5.41) is 4.02. The fourth-order valence-electron chi connectivity index (χ4n) is 2.88. The Morgan fingerprint density at radius 1 is 1.14 bits per heavy atom. The lowest BCUT2D eigenvalue weighted by Gasteiger charge is -2.16. The summed E-state index contributed by atoms with van der Waals surface area (Å²) in [6, 6.07) is 14.0. The molecule has 0 unspecified atom stereocenters. The van der Waals surface area contributed by atoms with Crippen LogP contribution >= 0.6 is 15.9 Å². The lowest BCUT2D eigenvalue weighted by Crippen LogP contribution is -2.30. The SMILES string of the molecule is O=C(Nc1c[nH]c2ccccc12)N1Cc2ccc(Br)cc2C1. The number of amides is 2. The average Bonchev–Trinajstić information content (AvgIpc) is 3.11. The molecule has 0 saturated carbocycles. The van der Waals surface area contributed by atoms with Crippen molar-refractivity contribution in [3.63, 3.8) is 0 Å². The number of carbonyl (C=O) groups is 1. The molecule has 1 aliphatic rings. The second-order valence-corrected chi connectivity index (χ2v) is 6.36. The zero-order valence-electron chi connectivity index (χ0n) is 11.8. The molecular weight excluding hydrogens is 342 g/mol. The van der Waals surface area contributed by atoms with Crippen LogP contribution in [0.4, 0.5) is 10.5 Å². The highest BCUT2D eigenvalue weighted by Crippen LogP contribution is 2.28. The molecule has 1 aliphatic heterocycles. The van der Waals surface area contributed by atoms with E-state index in [4.69, 9.17) is 0 Å². The third-order valence-corrected chi connectivity index (χ3v) is 4.50. The van der Waals surface area contributed by atoms with E-state index in [2.05, 4.69) is 38.4 Å². The van der Waals surface area contributed by atoms with Gasteiger partial charge in [0.15, 0.2) is 0 Å². The summed E-state index contributed by atoms with van der Waals surface area (Å²) in [5.41, 5.74) is 4.24. The number of halogens is 1. The Balaban J connectivity index is 1.54. The summed E-state index contributed by atoms with van der Waals surface area (Å²) < 4.78 is 1.05. The smallest absolute Gasteiger partial charge is 0.322 e. The molecule has 0 aliphatic carbocycles. The second kappa shape index (κ2) is 5.18. The number of anilines is 1. The summed E-state index contributed by atoms with van der Waals surface area (Å²) >= 11 is 3.47. The van der Waals surface area contributed by atoms with Gasteiger partial charge in [0.1, 0.15) is 0 Å². The van der Waals surface area contributed by atoms with Crippen LogP contribution in [0.3, 0.4) is 0 Å². The van der Waals surface area contributed by atoms with Gasteiger partial charge in [-0.2, -0.15) is 0 Å². The fraction of sp³-hybridized carbons (Fsp3) is 0.118. The molecule has 0 radical (unpaired) electrons. The Morgan fingerprint density at radius 3 is 2.86 bits per heavy atom. The number of hydrogen-bond donors (Lipinski definition) is 2. The van der Waals surface area contributed by atoms with Crippen molar-refractivity contribution in [3.05, 3.63) is 64.3 Å². The first-order valence-corrected chi connectivity index (χ1v) is 7.89. The van der Waals surface area contributed by atoms with Gasteiger partial charge in [0.25, 0.3) is 0 Å². The summed E-state index contributed by atoms with van der Waals surface area (Å²) in [4.78, 5) is 17.5. The average molecular weight is 356 g/mol. The van der Waals surface area contributed by atoms with Crippen LogP contribution in [-0.2, 0) is 13.1 Å². The molecule has 0 atom stereocenters. The van der Waals surface area contributed by atoms with Gasteiger partial charge in [-0.15, -0.1) is 0 Å². The number of nitrogens with one attached hydrogen (secondary N) is 2. The number of carbonyl (C=O) groups excluding carboxylic acids is 1. The summed E-state index contributed by atoms with van der Waals surface area (Å²) in [6.07, 6.45) is 1.84. The van der Waals surface area contributed by atoms with E-state index in [-0.39, 0.29) is 6.03 Å². The fourth-order valence-corrected chi connectivity index (χ4v) is 3.28. The van der Waals surface area contributed by atoms with E-state index in [9.17, 15) is 4.79 Å². The molecule has 0 fully saturated rings. The number of aromatic amines is 1. The van der Waals surface area contributed by atoms with Crippen molar-refractivity contribution < 1.29 is 4.79 Å². The molecule has 3 aromatic rings. The minimum Gasteiger partial charge on any atom is -0.359 e. The Bertz CT molecular complexity index is 871. The van der Waals surface area contributed by atoms with E-state index in [1.807, 2.05) is 41.4 Å². The number of para-hydroxylation sites is 1. The number of H-pyrrole nitrogens is 1. The van der Waals surface area contributed by atoms with Crippen LogP contribution in [0.15, 0.2) is 53.1 Å². The predicted molar refractivity (Wildman–Crippen MR) is 90.7 cm³/mol. The molecule has 5 heteroatoms. The molecule has 2 amide bonds. The largest absolute Gasteiger partial charge is 0.359 e. The second-order valence-electron chi connectivity index (χ2n) is 5.45. The quantitative estimate of drug-likeness (QED) is 0.664. The molecule has 2 N–H and O–H groups in total. The van der Waals surface area contributed by atoms with Crippen molar-refractivity contribution in [3.8, 4) is 0 Å². The van der Waals surface area contributed by atoms with Crippen molar-refractivity contribution in [2.45, 2.75) is 13.1 Å². The topological polar surface area (TPSA) is 48.1 Å². The molecule has 1 aromatic heterocycles. The molecule has 2 heterocycles. The highest BCUT2D eigenvalue weighted by Gasteiger charge is 2.23. The number of benzene rings is 2.